The van der Waals surface area contributed by atoms with Gasteiger partial charge in [-0.3, -0.25) is 0 Å². The summed E-state index contributed by atoms with van der Waals surface area (Å²) in [6, 6.07) is 3.81. The van der Waals surface area contributed by atoms with Crippen molar-refractivity contribution in [3.63, 3.8) is 0 Å². The highest BCUT2D eigenvalue weighted by molar-refractivity contribution is 5.68. The van der Waals surface area contributed by atoms with E-state index in [-0.39, 0.29) is 5.75 Å². The number of ether oxygens (including phenoxy) is 1. The smallest absolute Gasteiger partial charge is 0.416 e. The van der Waals surface area contributed by atoms with Gasteiger partial charge in [-0.05, 0) is 24.3 Å². The molecule has 0 fully saturated rings. The minimum absolute atomic E-state index is 0.0883. The number of carbonyl (C=O) groups is 1. The van der Waals surface area contributed by atoms with Crippen molar-refractivity contribution in [2.24, 2.45) is 0 Å². The van der Waals surface area contributed by atoms with Gasteiger partial charge in [0.2, 0.25) is 0 Å². The number of carboxylic acid groups (broad SMARTS) is 1. The molecule has 0 aliphatic carbocycles. The number of alkyl halides is 3. The van der Waals surface area contributed by atoms with Gasteiger partial charge in [-0.15, -0.1) is 0 Å². The molecule has 0 amide bonds. The maximum absolute atomic E-state index is 12.1. The van der Waals surface area contributed by atoms with Gasteiger partial charge in [-0.25, -0.2) is 4.79 Å². The summed E-state index contributed by atoms with van der Waals surface area (Å²) in [7, 11) is 0. The van der Waals surface area contributed by atoms with Crippen LogP contribution in [0.2, 0.25) is 0 Å². The first-order chi connectivity index (χ1) is 6.89. The van der Waals surface area contributed by atoms with Crippen LogP contribution in [0.3, 0.4) is 0 Å². The Balaban J connectivity index is 2.69. The van der Waals surface area contributed by atoms with Gasteiger partial charge >= 0.3 is 12.1 Å². The van der Waals surface area contributed by atoms with Crippen LogP contribution in [0.4, 0.5) is 13.2 Å². The number of hydrogen-bond acceptors (Lipinski definition) is 2. The third kappa shape index (κ3) is 3.49. The average molecular weight is 220 g/mol. The zero-order valence-corrected chi connectivity index (χ0v) is 7.41. The lowest BCUT2D eigenvalue weighted by molar-refractivity contribution is -0.140. The largest absolute Gasteiger partial charge is 0.482 e. The Bertz CT molecular complexity index is 343. The van der Waals surface area contributed by atoms with E-state index < -0.39 is 24.3 Å². The Morgan fingerprint density at radius 3 is 2.20 bits per heavy atom. The quantitative estimate of drug-likeness (QED) is 0.849. The molecule has 6 heteroatoms. The molecule has 0 atom stereocenters. The van der Waals surface area contributed by atoms with E-state index >= 15 is 0 Å². The fourth-order valence-electron chi connectivity index (χ4n) is 0.885. The monoisotopic (exact) mass is 220 g/mol. The molecule has 0 bridgehead atoms. The standard InChI is InChI=1S/C9H7F3O3/c10-9(11,12)6-1-3-7(4-2-6)15-5-8(13)14/h1-4H,5H2,(H,13,14). The minimum atomic E-state index is -4.40. The Labute approximate surface area is 83.1 Å². The molecular formula is C9H7F3O3. The summed E-state index contributed by atoms with van der Waals surface area (Å²) in [6.07, 6.45) is -4.40. The second kappa shape index (κ2) is 4.20. The Kier molecular flexibility index (Phi) is 3.18. The number of rotatable bonds is 3. The van der Waals surface area contributed by atoms with E-state index in [1.807, 2.05) is 0 Å². The summed E-state index contributed by atoms with van der Waals surface area (Å²) >= 11 is 0. The van der Waals surface area contributed by atoms with Gasteiger partial charge in [-0.1, -0.05) is 0 Å². The normalized spacial score (nSPS) is 11.1. The van der Waals surface area contributed by atoms with Crippen molar-refractivity contribution >= 4 is 5.97 Å². The van der Waals surface area contributed by atoms with Gasteiger partial charge in [0.05, 0.1) is 5.56 Å². The van der Waals surface area contributed by atoms with Crippen LogP contribution in [0.5, 0.6) is 5.75 Å². The average Bonchev–Trinajstić information content (AvgIpc) is 2.14. The van der Waals surface area contributed by atoms with Gasteiger partial charge < -0.3 is 9.84 Å². The molecule has 0 saturated heterocycles. The Morgan fingerprint density at radius 2 is 1.80 bits per heavy atom. The molecule has 1 N–H and O–H groups in total. The molecule has 0 aliphatic heterocycles. The highest BCUT2D eigenvalue weighted by atomic mass is 19.4. The maximum Gasteiger partial charge on any atom is 0.416 e. The third-order valence-electron chi connectivity index (χ3n) is 1.54. The van der Waals surface area contributed by atoms with Crippen LogP contribution in [0.25, 0.3) is 0 Å². The lowest BCUT2D eigenvalue weighted by Crippen LogP contribution is -2.10. The van der Waals surface area contributed by atoms with Crippen LogP contribution < -0.4 is 4.74 Å². The van der Waals surface area contributed by atoms with Crippen LogP contribution in [0.1, 0.15) is 5.56 Å². The fraction of sp³-hybridized carbons (Fsp3) is 0.222. The first kappa shape index (κ1) is 11.4. The number of aliphatic carboxylic acids is 1. The van der Waals surface area contributed by atoms with E-state index in [2.05, 4.69) is 4.74 Å². The van der Waals surface area contributed by atoms with Gasteiger partial charge in [0.15, 0.2) is 6.61 Å². The number of benzene rings is 1. The maximum atomic E-state index is 12.1. The first-order valence-electron chi connectivity index (χ1n) is 3.91. The molecule has 0 saturated carbocycles. The zero-order chi connectivity index (χ0) is 11.5. The molecule has 0 aliphatic rings. The van der Waals surface area contributed by atoms with Crippen LogP contribution >= 0.6 is 0 Å². The van der Waals surface area contributed by atoms with Crippen molar-refractivity contribution in [1.29, 1.82) is 0 Å². The van der Waals surface area contributed by atoms with Crippen LogP contribution in [0.15, 0.2) is 24.3 Å². The SMILES string of the molecule is O=C(O)COc1ccc(C(F)(F)F)cc1. The Hall–Kier alpha value is -1.72. The third-order valence-corrected chi connectivity index (χ3v) is 1.54. The van der Waals surface area contributed by atoms with E-state index in [0.717, 1.165) is 24.3 Å². The van der Waals surface area contributed by atoms with Gasteiger partial charge in [0.25, 0.3) is 0 Å². The molecule has 1 aromatic rings. The summed E-state index contributed by atoms with van der Waals surface area (Å²) in [6.45, 7) is -0.578. The Morgan fingerprint density at radius 1 is 1.27 bits per heavy atom. The van der Waals surface area contributed by atoms with Crippen LogP contribution in [-0.2, 0) is 11.0 Å². The molecule has 3 nitrogen and oxygen atoms in total. The van der Waals surface area contributed by atoms with Crippen LogP contribution in [0, 0.1) is 0 Å². The van der Waals surface area contributed by atoms with Crippen molar-refractivity contribution < 1.29 is 27.8 Å². The fourth-order valence-corrected chi connectivity index (χ4v) is 0.885. The lowest BCUT2D eigenvalue weighted by atomic mass is 10.2. The van der Waals surface area contributed by atoms with Gasteiger partial charge in [-0.2, -0.15) is 13.2 Å². The molecule has 0 spiro atoms. The predicted molar refractivity (Wildman–Crippen MR) is 44.6 cm³/mol. The van der Waals surface area contributed by atoms with Crippen molar-refractivity contribution in [2.75, 3.05) is 6.61 Å². The molecule has 15 heavy (non-hydrogen) atoms. The second-order valence-electron chi connectivity index (χ2n) is 2.70. The summed E-state index contributed by atoms with van der Waals surface area (Å²) in [5, 5.41) is 8.25. The summed E-state index contributed by atoms with van der Waals surface area (Å²) in [5.74, 6) is -1.10. The van der Waals surface area contributed by atoms with E-state index in [4.69, 9.17) is 5.11 Å². The first-order valence-corrected chi connectivity index (χ1v) is 3.91. The zero-order valence-electron chi connectivity index (χ0n) is 7.41. The molecule has 0 heterocycles. The topological polar surface area (TPSA) is 46.5 Å². The molecular weight excluding hydrogens is 213 g/mol. The summed E-state index contributed by atoms with van der Waals surface area (Å²) < 4.78 is 41.0. The predicted octanol–water partition coefficient (Wildman–Crippen LogP) is 2.17. The van der Waals surface area contributed by atoms with E-state index in [1.54, 1.807) is 0 Å². The van der Waals surface area contributed by atoms with E-state index in [1.165, 1.54) is 0 Å². The van der Waals surface area contributed by atoms with Crippen molar-refractivity contribution in [3.8, 4) is 5.75 Å². The summed E-state index contributed by atoms with van der Waals surface area (Å²) in [5.41, 5.74) is -0.801. The highest BCUT2D eigenvalue weighted by Crippen LogP contribution is 2.30. The minimum Gasteiger partial charge on any atom is -0.482 e. The second-order valence-corrected chi connectivity index (χ2v) is 2.70. The number of halogens is 3. The molecule has 0 aromatic heterocycles. The molecule has 0 radical (unpaired) electrons. The lowest BCUT2D eigenvalue weighted by Gasteiger charge is -2.07. The van der Waals surface area contributed by atoms with Crippen molar-refractivity contribution in [3.05, 3.63) is 29.8 Å². The molecule has 1 rings (SSSR count). The van der Waals surface area contributed by atoms with Crippen LogP contribution in [-0.4, -0.2) is 17.7 Å². The van der Waals surface area contributed by atoms with E-state index in [0.29, 0.717) is 0 Å². The molecule has 82 valence electrons. The van der Waals surface area contributed by atoms with Crippen molar-refractivity contribution in [1.82, 2.24) is 0 Å². The van der Waals surface area contributed by atoms with Gasteiger partial charge in [0, 0.05) is 0 Å². The molecule has 1 aromatic carbocycles. The number of hydrogen-bond donors (Lipinski definition) is 1. The molecule has 0 unspecified atom stereocenters. The highest BCUT2D eigenvalue weighted by Gasteiger charge is 2.29. The van der Waals surface area contributed by atoms with Gasteiger partial charge in [0.1, 0.15) is 5.75 Å². The van der Waals surface area contributed by atoms with E-state index in [9.17, 15) is 18.0 Å². The summed E-state index contributed by atoms with van der Waals surface area (Å²) in [4.78, 5) is 10.1. The number of carboxylic acids is 1. The van der Waals surface area contributed by atoms with Crippen molar-refractivity contribution in [2.45, 2.75) is 6.18 Å².